The van der Waals surface area contributed by atoms with E-state index >= 15 is 0 Å². The second kappa shape index (κ2) is 7.53. The summed E-state index contributed by atoms with van der Waals surface area (Å²) < 4.78 is 39.0. The Hall–Kier alpha value is -3.94. The highest BCUT2D eigenvalue weighted by atomic mass is 19.4. The molecule has 2 bridgehead atoms. The van der Waals surface area contributed by atoms with Crippen LogP contribution in [0.3, 0.4) is 0 Å². The van der Waals surface area contributed by atoms with Crippen LogP contribution in [-0.4, -0.2) is 29.2 Å². The van der Waals surface area contributed by atoms with Gasteiger partial charge in [0, 0.05) is 17.5 Å². The summed E-state index contributed by atoms with van der Waals surface area (Å²) in [7, 11) is 0. The Morgan fingerprint density at radius 3 is 1.71 bits per heavy atom. The van der Waals surface area contributed by atoms with Crippen LogP contribution in [0.4, 0.5) is 18.9 Å². The maximum Gasteiger partial charge on any atom is 0.416 e. The fraction of sp³-hybridized carbons (Fsp3) is 0.222. The van der Waals surface area contributed by atoms with E-state index in [4.69, 9.17) is 0 Å². The molecule has 176 valence electrons. The third-order valence-electron chi connectivity index (χ3n) is 7.32. The lowest BCUT2D eigenvalue weighted by molar-refractivity contribution is -0.142. The monoisotopic (exact) mass is 476 g/mol. The first kappa shape index (κ1) is 21.6. The van der Waals surface area contributed by atoms with Crippen molar-refractivity contribution in [1.29, 1.82) is 0 Å². The first-order valence-corrected chi connectivity index (χ1v) is 11.3. The Bertz CT molecular complexity index is 1280. The molecule has 0 radical (unpaired) electrons. The van der Waals surface area contributed by atoms with E-state index in [1.54, 1.807) is 0 Å². The first-order valence-electron chi connectivity index (χ1n) is 11.3. The summed E-state index contributed by atoms with van der Waals surface area (Å²) in [6, 6.07) is 19.8. The molecule has 1 heterocycles. The van der Waals surface area contributed by atoms with Crippen LogP contribution in [0.15, 0.2) is 72.8 Å². The van der Waals surface area contributed by atoms with E-state index in [2.05, 4.69) is 5.32 Å². The van der Waals surface area contributed by atoms with Gasteiger partial charge in [-0.3, -0.25) is 19.3 Å². The molecule has 5 nitrogen and oxygen atoms in total. The lowest BCUT2D eigenvalue weighted by atomic mass is 9.55. The molecule has 0 unspecified atom stereocenters. The van der Waals surface area contributed by atoms with Crippen molar-refractivity contribution in [3.8, 4) is 0 Å². The maximum absolute atomic E-state index is 13.5. The van der Waals surface area contributed by atoms with Crippen LogP contribution in [0.5, 0.6) is 0 Å². The van der Waals surface area contributed by atoms with Crippen molar-refractivity contribution in [2.45, 2.75) is 18.0 Å². The molecule has 3 aliphatic carbocycles. The minimum atomic E-state index is -4.55. The van der Waals surface area contributed by atoms with Crippen molar-refractivity contribution in [1.82, 2.24) is 4.90 Å². The molecule has 1 aliphatic heterocycles. The highest BCUT2D eigenvalue weighted by molar-refractivity contribution is 6.10. The van der Waals surface area contributed by atoms with Crippen molar-refractivity contribution in [2.75, 3.05) is 11.9 Å². The fourth-order valence-electron chi connectivity index (χ4n) is 6.01. The zero-order valence-electron chi connectivity index (χ0n) is 18.3. The van der Waals surface area contributed by atoms with E-state index in [-0.39, 0.29) is 17.5 Å². The number of likely N-dealkylation sites (tertiary alicyclic amines) is 1. The fourth-order valence-corrected chi connectivity index (χ4v) is 6.01. The average molecular weight is 476 g/mol. The lowest BCUT2D eigenvalue weighted by Gasteiger charge is -2.45. The van der Waals surface area contributed by atoms with Crippen LogP contribution >= 0.6 is 0 Å². The number of carbonyl (C=O) groups is 3. The van der Waals surface area contributed by atoms with Gasteiger partial charge in [0.05, 0.1) is 17.4 Å². The molecule has 3 aromatic carbocycles. The van der Waals surface area contributed by atoms with E-state index in [9.17, 15) is 27.6 Å². The van der Waals surface area contributed by atoms with Gasteiger partial charge in [0.1, 0.15) is 6.54 Å². The van der Waals surface area contributed by atoms with Crippen molar-refractivity contribution in [3.05, 3.63) is 101 Å². The van der Waals surface area contributed by atoms with Crippen molar-refractivity contribution in [2.24, 2.45) is 11.8 Å². The molecular weight excluding hydrogens is 457 g/mol. The summed E-state index contributed by atoms with van der Waals surface area (Å²) >= 11 is 0. The Kier molecular flexibility index (Phi) is 4.64. The lowest BCUT2D eigenvalue weighted by Crippen LogP contribution is -2.41. The number of hydrogen-bond donors (Lipinski definition) is 1. The second-order valence-electron chi connectivity index (χ2n) is 9.15. The minimum absolute atomic E-state index is 0.0544. The molecular formula is C27H19F3N2O3. The summed E-state index contributed by atoms with van der Waals surface area (Å²) in [4.78, 5) is 40.7. The largest absolute Gasteiger partial charge is 0.416 e. The van der Waals surface area contributed by atoms with Crippen LogP contribution in [0, 0.1) is 11.8 Å². The van der Waals surface area contributed by atoms with E-state index < -0.39 is 47.8 Å². The van der Waals surface area contributed by atoms with E-state index in [1.807, 2.05) is 48.5 Å². The Morgan fingerprint density at radius 1 is 0.771 bits per heavy atom. The average Bonchev–Trinajstić information content (AvgIpc) is 3.09. The predicted molar refractivity (Wildman–Crippen MR) is 120 cm³/mol. The number of halogens is 3. The molecule has 4 aliphatic rings. The number of nitrogens with zero attached hydrogens (tertiary/aromatic N) is 1. The number of nitrogens with one attached hydrogen (secondary N) is 1. The molecule has 8 heteroatoms. The number of rotatable bonds is 3. The molecule has 1 N–H and O–H groups in total. The van der Waals surface area contributed by atoms with Crippen molar-refractivity contribution < 1.29 is 27.6 Å². The molecule has 35 heavy (non-hydrogen) atoms. The van der Waals surface area contributed by atoms with Gasteiger partial charge in [-0.2, -0.15) is 13.2 Å². The van der Waals surface area contributed by atoms with Gasteiger partial charge in [-0.05, 0) is 40.5 Å². The highest BCUT2D eigenvalue weighted by Gasteiger charge is 2.61. The van der Waals surface area contributed by atoms with Gasteiger partial charge < -0.3 is 5.32 Å². The number of amides is 3. The number of hydrogen-bond acceptors (Lipinski definition) is 3. The van der Waals surface area contributed by atoms with Crippen molar-refractivity contribution >= 4 is 23.4 Å². The standard InChI is InChI=1S/C27H19F3N2O3/c28-27(29,30)14-6-5-7-15(12-14)31-20(33)13-32-25(34)23-21-16-8-1-2-9-17(16)22(24(23)26(32)35)19-11-4-3-10-18(19)21/h1-12,21-24H,13H2,(H,31,33)/t21?,22?,23-,24-/m1/s1. The smallest absolute Gasteiger partial charge is 0.325 e. The van der Waals surface area contributed by atoms with Gasteiger partial charge >= 0.3 is 6.18 Å². The Balaban J connectivity index is 1.30. The van der Waals surface area contributed by atoms with E-state index in [1.165, 1.54) is 12.1 Å². The van der Waals surface area contributed by atoms with E-state index in [0.717, 1.165) is 39.3 Å². The molecule has 2 atom stereocenters. The summed E-state index contributed by atoms with van der Waals surface area (Å²) in [6.45, 7) is -0.549. The molecule has 0 saturated carbocycles. The third kappa shape index (κ3) is 3.20. The van der Waals surface area contributed by atoms with Gasteiger partial charge in [0.15, 0.2) is 0 Å². The normalized spacial score (nSPS) is 24.1. The summed E-state index contributed by atoms with van der Waals surface area (Å²) in [6.07, 6.45) is -4.55. The van der Waals surface area contributed by atoms with Crippen LogP contribution in [-0.2, 0) is 20.6 Å². The second-order valence-corrected chi connectivity index (χ2v) is 9.15. The van der Waals surface area contributed by atoms with E-state index in [0.29, 0.717) is 0 Å². The molecule has 1 saturated heterocycles. The third-order valence-corrected chi connectivity index (χ3v) is 7.32. The van der Waals surface area contributed by atoms with Gasteiger partial charge in [0.2, 0.25) is 17.7 Å². The van der Waals surface area contributed by atoms with Gasteiger partial charge in [-0.1, -0.05) is 54.6 Å². The molecule has 0 aromatic heterocycles. The van der Waals surface area contributed by atoms with Crippen LogP contribution < -0.4 is 5.32 Å². The number of carbonyl (C=O) groups excluding carboxylic acids is 3. The molecule has 3 amide bonds. The van der Waals surface area contributed by atoms with Crippen molar-refractivity contribution in [3.63, 3.8) is 0 Å². The highest BCUT2D eigenvalue weighted by Crippen LogP contribution is 2.60. The SMILES string of the molecule is O=C(CN1C(=O)[C@@H]2C3c4ccccc4C(c4ccccc43)[C@H]2C1=O)Nc1cccc(C(F)(F)F)c1. The summed E-state index contributed by atoms with van der Waals surface area (Å²) in [5, 5.41) is 2.39. The van der Waals surface area contributed by atoms with Crippen LogP contribution in [0.25, 0.3) is 0 Å². The number of imide groups is 1. The quantitative estimate of drug-likeness (QED) is 0.565. The van der Waals surface area contributed by atoms with Gasteiger partial charge in [-0.25, -0.2) is 0 Å². The first-order chi connectivity index (χ1) is 16.8. The predicted octanol–water partition coefficient (Wildman–Crippen LogP) is 4.54. The summed E-state index contributed by atoms with van der Waals surface area (Å²) in [5.41, 5.74) is 3.13. The zero-order valence-corrected chi connectivity index (χ0v) is 18.3. The Morgan fingerprint density at radius 2 is 1.26 bits per heavy atom. The summed E-state index contributed by atoms with van der Waals surface area (Å²) in [5.74, 6) is -3.36. The molecule has 0 spiro atoms. The maximum atomic E-state index is 13.5. The number of alkyl halides is 3. The minimum Gasteiger partial charge on any atom is -0.325 e. The van der Waals surface area contributed by atoms with Gasteiger partial charge in [0.25, 0.3) is 0 Å². The Labute approximate surface area is 198 Å². The molecule has 7 rings (SSSR count). The van der Waals surface area contributed by atoms with Gasteiger partial charge in [-0.15, -0.1) is 0 Å². The molecule has 1 fully saturated rings. The van der Waals surface area contributed by atoms with Crippen LogP contribution in [0.2, 0.25) is 0 Å². The molecule has 3 aromatic rings. The number of anilines is 1. The zero-order chi connectivity index (χ0) is 24.5. The topological polar surface area (TPSA) is 66.5 Å². The van der Waals surface area contributed by atoms with Crippen LogP contribution in [0.1, 0.15) is 39.7 Å². The number of benzene rings is 3.